The molecule has 76 valence electrons. The largest absolute Gasteiger partial charge is 0.307 e. The molecule has 1 aromatic carbocycles. The Kier molecular flexibility index (Phi) is 4.46. The zero-order chi connectivity index (χ0) is 10.6. The van der Waals surface area contributed by atoms with E-state index in [1.54, 1.807) is 6.07 Å². The second-order valence-electron chi connectivity index (χ2n) is 2.97. The van der Waals surface area contributed by atoms with Crippen LogP contribution in [0.25, 0.3) is 0 Å². The summed E-state index contributed by atoms with van der Waals surface area (Å²) in [4.78, 5) is 0. The smallest absolute Gasteiger partial charge is 0.0504 e. The van der Waals surface area contributed by atoms with Gasteiger partial charge < -0.3 is 5.32 Å². The fourth-order valence-corrected chi connectivity index (χ4v) is 1.85. The minimum atomic E-state index is 0.108. The Balaban J connectivity index is 2.97. The van der Waals surface area contributed by atoms with Gasteiger partial charge in [-0.15, -0.1) is 6.58 Å². The second-order valence-corrected chi connectivity index (χ2v) is 3.85. The third kappa shape index (κ3) is 3.02. The first-order chi connectivity index (χ1) is 6.67. The predicted molar refractivity (Wildman–Crippen MR) is 63.1 cm³/mol. The van der Waals surface area contributed by atoms with Crippen molar-refractivity contribution in [2.75, 3.05) is 6.54 Å². The van der Waals surface area contributed by atoms with E-state index in [1.807, 2.05) is 25.1 Å². The van der Waals surface area contributed by atoms with E-state index in [1.165, 1.54) is 0 Å². The zero-order valence-electron chi connectivity index (χ0n) is 8.06. The quantitative estimate of drug-likeness (QED) is 0.775. The van der Waals surface area contributed by atoms with Crippen LogP contribution in [-0.2, 0) is 0 Å². The normalized spacial score (nSPS) is 12.5. The van der Waals surface area contributed by atoms with Gasteiger partial charge in [0.1, 0.15) is 0 Å². The molecule has 0 bridgehead atoms. The minimum absolute atomic E-state index is 0.108. The molecule has 0 fully saturated rings. The molecular formula is C11H13Cl2N. The minimum Gasteiger partial charge on any atom is -0.307 e. The van der Waals surface area contributed by atoms with E-state index in [0.29, 0.717) is 10.0 Å². The first-order valence-electron chi connectivity index (χ1n) is 4.49. The van der Waals surface area contributed by atoms with E-state index in [-0.39, 0.29) is 6.04 Å². The van der Waals surface area contributed by atoms with Crippen molar-refractivity contribution in [2.45, 2.75) is 13.0 Å². The van der Waals surface area contributed by atoms with Gasteiger partial charge in [-0.05, 0) is 30.3 Å². The summed E-state index contributed by atoms with van der Waals surface area (Å²) in [5.74, 6) is 0. The third-order valence-electron chi connectivity index (χ3n) is 1.90. The van der Waals surface area contributed by atoms with Gasteiger partial charge in [0.05, 0.1) is 6.04 Å². The first-order valence-corrected chi connectivity index (χ1v) is 5.25. The molecule has 0 radical (unpaired) electrons. The van der Waals surface area contributed by atoms with Crippen molar-refractivity contribution in [1.82, 2.24) is 5.32 Å². The summed E-state index contributed by atoms with van der Waals surface area (Å²) in [5.41, 5.74) is 1.04. The summed E-state index contributed by atoms with van der Waals surface area (Å²) in [6.07, 6.45) is 1.84. The van der Waals surface area contributed by atoms with Crippen LogP contribution in [0, 0.1) is 0 Å². The van der Waals surface area contributed by atoms with Crippen molar-refractivity contribution >= 4 is 23.2 Å². The van der Waals surface area contributed by atoms with Gasteiger partial charge in [0, 0.05) is 10.0 Å². The molecule has 0 saturated carbocycles. The van der Waals surface area contributed by atoms with Crippen LogP contribution in [0.2, 0.25) is 10.0 Å². The van der Waals surface area contributed by atoms with Gasteiger partial charge in [-0.1, -0.05) is 36.2 Å². The van der Waals surface area contributed by atoms with E-state index in [0.717, 1.165) is 12.1 Å². The summed E-state index contributed by atoms with van der Waals surface area (Å²) in [5, 5.41) is 4.57. The van der Waals surface area contributed by atoms with Crippen LogP contribution in [0.4, 0.5) is 0 Å². The van der Waals surface area contributed by atoms with E-state index >= 15 is 0 Å². The Morgan fingerprint density at radius 1 is 1.36 bits per heavy atom. The van der Waals surface area contributed by atoms with Gasteiger partial charge >= 0.3 is 0 Å². The average Bonchev–Trinajstić information content (AvgIpc) is 2.12. The van der Waals surface area contributed by atoms with Gasteiger partial charge in [-0.2, -0.15) is 0 Å². The molecule has 1 atom stereocenters. The van der Waals surface area contributed by atoms with E-state index in [4.69, 9.17) is 23.2 Å². The molecule has 1 N–H and O–H groups in total. The number of rotatable bonds is 4. The van der Waals surface area contributed by atoms with Crippen LogP contribution in [-0.4, -0.2) is 6.54 Å². The highest BCUT2D eigenvalue weighted by Crippen LogP contribution is 2.23. The number of hydrogen-bond acceptors (Lipinski definition) is 1. The lowest BCUT2D eigenvalue weighted by Gasteiger charge is -2.14. The molecule has 0 aromatic heterocycles. The highest BCUT2D eigenvalue weighted by molar-refractivity contribution is 6.34. The Labute approximate surface area is 94.7 Å². The molecule has 3 heteroatoms. The summed E-state index contributed by atoms with van der Waals surface area (Å²) in [6.45, 7) is 6.69. The maximum atomic E-state index is 5.90. The first kappa shape index (κ1) is 11.6. The van der Waals surface area contributed by atoms with Crippen molar-refractivity contribution in [3.8, 4) is 0 Å². The molecule has 1 nitrogen and oxygen atoms in total. The monoisotopic (exact) mass is 229 g/mol. The lowest BCUT2D eigenvalue weighted by Crippen LogP contribution is -2.18. The number of nitrogens with one attached hydrogen (secondary N) is 1. The number of likely N-dealkylation sites (N-methyl/N-ethyl adjacent to an activating group) is 1. The molecule has 1 aromatic rings. The van der Waals surface area contributed by atoms with Crippen molar-refractivity contribution in [2.24, 2.45) is 0 Å². The van der Waals surface area contributed by atoms with Gasteiger partial charge in [-0.3, -0.25) is 0 Å². The molecule has 14 heavy (non-hydrogen) atoms. The topological polar surface area (TPSA) is 12.0 Å². The van der Waals surface area contributed by atoms with Gasteiger partial charge in [-0.25, -0.2) is 0 Å². The Bertz CT molecular complexity index is 303. The van der Waals surface area contributed by atoms with Crippen molar-refractivity contribution in [3.05, 3.63) is 46.5 Å². The number of benzene rings is 1. The summed E-state index contributed by atoms with van der Waals surface area (Å²) < 4.78 is 0. The molecule has 0 aliphatic rings. The molecule has 1 rings (SSSR count). The van der Waals surface area contributed by atoms with Crippen molar-refractivity contribution in [3.63, 3.8) is 0 Å². The van der Waals surface area contributed by atoms with Crippen molar-refractivity contribution < 1.29 is 0 Å². The van der Waals surface area contributed by atoms with Crippen LogP contribution < -0.4 is 5.32 Å². The molecule has 0 spiro atoms. The van der Waals surface area contributed by atoms with Crippen molar-refractivity contribution in [1.29, 1.82) is 0 Å². The van der Waals surface area contributed by atoms with Crippen LogP contribution in [0.3, 0.4) is 0 Å². The van der Waals surface area contributed by atoms with Crippen LogP contribution in [0.15, 0.2) is 30.9 Å². The van der Waals surface area contributed by atoms with Gasteiger partial charge in [0.25, 0.3) is 0 Å². The fourth-order valence-electron chi connectivity index (χ4n) is 1.31. The Hall–Kier alpha value is -0.500. The standard InChI is InChI=1S/C11H13Cl2N/c1-3-11(14-4-2)8-5-9(12)7-10(13)6-8/h3,5-7,11,14H,1,4H2,2H3. The fraction of sp³-hybridized carbons (Fsp3) is 0.273. The van der Waals surface area contributed by atoms with Crippen LogP contribution in [0.5, 0.6) is 0 Å². The summed E-state index contributed by atoms with van der Waals surface area (Å²) in [7, 11) is 0. The molecule has 0 aliphatic heterocycles. The highest BCUT2D eigenvalue weighted by Gasteiger charge is 2.07. The van der Waals surface area contributed by atoms with E-state index in [9.17, 15) is 0 Å². The molecular weight excluding hydrogens is 217 g/mol. The lowest BCUT2D eigenvalue weighted by atomic mass is 10.1. The number of hydrogen-bond donors (Lipinski definition) is 1. The predicted octanol–water partition coefficient (Wildman–Crippen LogP) is 3.83. The maximum absolute atomic E-state index is 5.90. The average molecular weight is 230 g/mol. The van der Waals surface area contributed by atoms with E-state index in [2.05, 4.69) is 11.9 Å². The zero-order valence-corrected chi connectivity index (χ0v) is 9.57. The second kappa shape index (κ2) is 5.40. The van der Waals surface area contributed by atoms with Gasteiger partial charge in [0.2, 0.25) is 0 Å². The van der Waals surface area contributed by atoms with Crippen LogP contribution >= 0.6 is 23.2 Å². The Morgan fingerprint density at radius 2 is 1.93 bits per heavy atom. The molecule has 0 heterocycles. The van der Waals surface area contributed by atoms with Gasteiger partial charge in [0.15, 0.2) is 0 Å². The molecule has 0 aliphatic carbocycles. The maximum Gasteiger partial charge on any atom is 0.0504 e. The van der Waals surface area contributed by atoms with E-state index < -0.39 is 0 Å². The van der Waals surface area contributed by atoms with Crippen LogP contribution in [0.1, 0.15) is 18.5 Å². The SMILES string of the molecule is C=CC(NCC)c1cc(Cl)cc(Cl)c1. The molecule has 1 unspecified atom stereocenters. The molecule has 0 amide bonds. The Morgan fingerprint density at radius 3 is 2.36 bits per heavy atom. The number of halogens is 2. The lowest BCUT2D eigenvalue weighted by molar-refractivity contribution is 0.649. The highest BCUT2D eigenvalue weighted by atomic mass is 35.5. The third-order valence-corrected chi connectivity index (χ3v) is 2.34. The summed E-state index contributed by atoms with van der Waals surface area (Å²) >= 11 is 11.8. The summed E-state index contributed by atoms with van der Waals surface area (Å²) in [6, 6.07) is 5.61. The molecule has 0 saturated heterocycles.